The van der Waals surface area contributed by atoms with E-state index in [9.17, 15) is 22.6 Å². The molecule has 20 heavy (non-hydrogen) atoms. The molecule has 1 atom stereocenters. The third-order valence-corrected chi connectivity index (χ3v) is 3.98. The monoisotopic (exact) mass is 323 g/mol. The Morgan fingerprint density at radius 2 is 1.45 bits per heavy atom. The van der Waals surface area contributed by atoms with Crippen molar-refractivity contribution in [2.75, 3.05) is 39.9 Å². The standard InChI is InChI=1S/C7H18N.C4H8F3O4P/c1-5-8(4,6-2)7-3;1-2-10-12(8,9)11-3-4(5,6)7/h5-7H2,1-4H3;2-3H2,1H3,(H,8,9)/q+1;/p-1. The summed E-state index contributed by atoms with van der Waals surface area (Å²) < 4.78 is 53.1. The Morgan fingerprint density at radius 1 is 1.05 bits per heavy atom. The van der Waals surface area contributed by atoms with Crippen molar-refractivity contribution >= 4 is 7.82 Å². The molecule has 0 saturated heterocycles. The number of phosphoric acid groups is 1. The molecule has 0 aliphatic rings. The summed E-state index contributed by atoms with van der Waals surface area (Å²) in [4.78, 5) is 10.4. The van der Waals surface area contributed by atoms with E-state index in [2.05, 4.69) is 36.9 Å². The van der Waals surface area contributed by atoms with Gasteiger partial charge in [0.15, 0.2) is 6.61 Å². The van der Waals surface area contributed by atoms with Crippen molar-refractivity contribution in [3.8, 4) is 0 Å². The van der Waals surface area contributed by atoms with Crippen LogP contribution < -0.4 is 4.89 Å². The molecular weight excluding hydrogens is 298 g/mol. The lowest BCUT2D eigenvalue weighted by Gasteiger charge is -2.30. The van der Waals surface area contributed by atoms with E-state index in [-0.39, 0.29) is 6.61 Å². The van der Waals surface area contributed by atoms with Gasteiger partial charge in [0.2, 0.25) is 0 Å². The molecule has 9 heteroatoms. The van der Waals surface area contributed by atoms with Gasteiger partial charge in [0.25, 0.3) is 7.82 Å². The molecule has 0 rings (SSSR count). The first-order valence-electron chi connectivity index (χ1n) is 6.45. The Bertz CT molecular complexity index is 288. The fraction of sp³-hybridized carbons (Fsp3) is 1.00. The van der Waals surface area contributed by atoms with Crippen molar-refractivity contribution in [1.29, 1.82) is 0 Å². The van der Waals surface area contributed by atoms with Crippen molar-refractivity contribution in [2.24, 2.45) is 0 Å². The van der Waals surface area contributed by atoms with Gasteiger partial charge in [-0.2, -0.15) is 13.2 Å². The number of phosphoric ester groups is 1. The highest BCUT2D eigenvalue weighted by Crippen LogP contribution is 2.39. The van der Waals surface area contributed by atoms with Gasteiger partial charge < -0.3 is 18.4 Å². The third-order valence-electron chi connectivity index (χ3n) is 2.96. The summed E-state index contributed by atoms with van der Waals surface area (Å²) in [6.45, 7) is 9.72. The van der Waals surface area contributed by atoms with Crippen LogP contribution in [-0.2, 0) is 13.6 Å². The molecular formula is C11H25F3NO4P. The van der Waals surface area contributed by atoms with E-state index in [1.165, 1.54) is 31.0 Å². The molecule has 0 spiro atoms. The van der Waals surface area contributed by atoms with E-state index >= 15 is 0 Å². The summed E-state index contributed by atoms with van der Waals surface area (Å²) in [5.74, 6) is 0. The smallest absolute Gasteiger partial charge is 0.412 e. The summed E-state index contributed by atoms with van der Waals surface area (Å²) in [5, 5.41) is 0. The first-order chi connectivity index (χ1) is 8.95. The van der Waals surface area contributed by atoms with Crippen LogP contribution in [0, 0.1) is 0 Å². The number of hydrogen-bond donors (Lipinski definition) is 0. The summed E-state index contributed by atoms with van der Waals surface area (Å²) in [5.41, 5.74) is 0. The Kier molecular flexibility index (Phi) is 10.8. The number of hydrogen-bond acceptors (Lipinski definition) is 4. The van der Waals surface area contributed by atoms with E-state index in [1.54, 1.807) is 0 Å². The molecule has 0 radical (unpaired) electrons. The average molecular weight is 323 g/mol. The lowest BCUT2D eigenvalue weighted by atomic mass is 10.4. The van der Waals surface area contributed by atoms with E-state index in [0.717, 1.165) is 0 Å². The number of nitrogens with zero attached hydrogens (tertiary/aromatic N) is 1. The second-order valence-electron chi connectivity index (χ2n) is 4.32. The maximum atomic E-state index is 11.4. The summed E-state index contributed by atoms with van der Waals surface area (Å²) in [6.07, 6.45) is -4.67. The van der Waals surface area contributed by atoms with E-state index < -0.39 is 20.6 Å². The molecule has 0 aliphatic heterocycles. The number of halogens is 3. The Hall–Kier alpha value is -0.140. The van der Waals surface area contributed by atoms with Gasteiger partial charge in [-0.3, -0.25) is 4.57 Å². The third kappa shape index (κ3) is 12.9. The predicted molar refractivity (Wildman–Crippen MR) is 69.0 cm³/mol. The van der Waals surface area contributed by atoms with Gasteiger partial charge in [0, 0.05) is 0 Å². The van der Waals surface area contributed by atoms with Gasteiger partial charge in [-0.1, -0.05) is 0 Å². The number of rotatable bonds is 7. The molecule has 0 aromatic heterocycles. The van der Waals surface area contributed by atoms with Crippen molar-refractivity contribution in [3.63, 3.8) is 0 Å². The zero-order chi connectivity index (χ0) is 16.4. The van der Waals surface area contributed by atoms with Crippen LogP contribution in [-0.4, -0.2) is 50.6 Å². The van der Waals surface area contributed by atoms with Crippen molar-refractivity contribution in [3.05, 3.63) is 0 Å². The molecule has 5 nitrogen and oxygen atoms in total. The molecule has 0 saturated carbocycles. The Balaban J connectivity index is 0. The number of alkyl halides is 3. The largest absolute Gasteiger partial charge is 0.756 e. The van der Waals surface area contributed by atoms with Crippen LogP contribution in [0.4, 0.5) is 13.2 Å². The van der Waals surface area contributed by atoms with E-state index in [1.807, 2.05) is 0 Å². The van der Waals surface area contributed by atoms with Gasteiger partial charge in [0.05, 0.1) is 33.3 Å². The van der Waals surface area contributed by atoms with Gasteiger partial charge in [-0.05, 0) is 27.7 Å². The average Bonchev–Trinajstić information content (AvgIpc) is 2.36. The first-order valence-corrected chi connectivity index (χ1v) is 7.91. The molecule has 0 aliphatic carbocycles. The normalized spacial score (nSPS) is 15.2. The molecule has 0 fully saturated rings. The Labute approximate surface area is 118 Å². The van der Waals surface area contributed by atoms with Crippen LogP contribution in [0.25, 0.3) is 0 Å². The zero-order valence-electron chi connectivity index (χ0n) is 12.7. The van der Waals surface area contributed by atoms with Gasteiger partial charge in [0.1, 0.15) is 0 Å². The minimum Gasteiger partial charge on any atom is -0.756 e. The maximum Gasteiger partial charge on any atom is 0.412 e. The molecule has 1 unspecified atom stereocenters. The van der Waals surface area contributed by atoms with Crippen molar-refractivity contribution in [2.45, 2.75) is 33.9 Å². The number of quaternary nitrogens is 1. The van der Waals surface area contributed by atoms with Crippen LogP contribution in [0.15, 0.2) is 0 Å². The summed E-state index contributed by atoms with van der Waals surface area (Å²) in [7, 11) is -2.47. The van der Waals surface area contributed by atoms with Gasteiger partial charge in [-0.25, -0.2) is 0 Å². The highest BCUT2D eigenvalue weighted by Gasteiger charge is 2.30. The second-order valence-corrected chi connectivity index (χ2v) is 5.73. The topological polar surface area (TPSA) is 58.6 Å². The molecule has 0 aromatic rings. The molecule has 0 bridgehead atoms. The lowest BCUT2D eigenvalue weighted by Crippen LogP contribution is -2.42. The van der Waals surface area contributed by atoms with Gasteiger partial charge in [-0.15, -0.1) is 0 Å². The maximum absolute atomic E-state index is 11.4. The summed E-state index contributed by atoms with van der Waals surface area (Å²) >= 11 is 0. The minimum atomic E-state index is -4.76. The quantitative estimate of drug-likeness (QED) is 0.534. The highest BCUT2D eigenvalue weighted by molar-refractivity contribution is 7.45. The highest BCUT2D eigenvalue weighted by atomic mass is 31.2. The summed E-state index contributed by atoms with van der Waals surface area (Å²) in [6, 6.07) is 0. The SMILES string of the molecule is CCOP(=O)([O-])OCC(F)(F)F.CC[N+](C)(CC)CC. The minimum absolute atomic E-state index is 0.251. The van der Waals surface area contributed by atoms with Crippen molar-refractivity contribution in [1.82, 2.24) is 0 Å². The zero-order valence-corrected chi connectivity index (χ0v) is 13.6. The molecule has 0 N–H and O–H groups in total. The van der Waals surface area contributed by atoms with Gasteiger partial charge >= 0.3 is 6.18 Å². The van der Waals surface area contributed by atoms with Crippen LogP contribution >= 0.6 is 7.82 Å². The van der Waals surface area contributed by atoms with E-state index in [4.69, 9.17) is 0 Å². The fourth-order valence-electron chi connectivity index (χ4n) is 1.02. The molecule has 0 aromatic carbocycles. The lowest BCUT2D eigenvalue weighted by molar-refractivity contribution is -0.904. The molecule has 0 heterocycles. The van der Waals surface area contributed by atoms with E-state index in [0.29, 0.717) is 0 Å². The van der Waals surface area contributed by atoms with Crippen molar-refractivity contribution < 1.29 is 36.2 Å². The first kappa shape index (κ1) is 22.1. The van der Waals surface area contributed by atoms with Crippen LogP contribution in [0.2, 0.25) is 0 Å². The van der Waals surface area contributed by atoms with Crippen LogP contribution in [0.5, 0.6) is 0 Å². The second kappa shape index (κ2) is 9.73. The molecule has 124 valence electrons. The fourth-order valence-corrected chi connectivity index (χ4v) is 1.71. The predicted octanol–water partition coefficient (Wildman–Crippen LogP) is 2.56. The molecule has 0 amide bonds. The van der Waals surface area contributed by atoms with Crippen LogP contribution in [0.3, 0.4) is 0 Å². The van der Waals surface area contributed by atoms with Crippen LogP contribution in [0.1, 0.15) is 27.7 Å². The Morgan fingerprint density at radius 3 is 1.65 bits per heavy atom.